The van der Waals surface area contributed by atoms with E-state index in [1.165, 1.54) is 0 Å². The minimum atomic E-state index is 0.758. The Kier molecular flexibility index (Phi) is 3.25. The molecule has 0 atom stereocenters. The van der Waals surface area contributed by atoms with Gasteiger partial charge in [-0.15, -0.1) is 0 Å². The van der Waals surface area contributed by atoms with E-state index in [1.54, 1.807) is 18.9 Å². The van der Waals surface area contributed by atoms with E-state index in [1.807, 2.05) is 25.1 Å². The first kappa shape index (κ1) is 9.99. The molecule has 0 unspecified atom stereocenters. The van der Waals surface area contributed by atoms with Crippen LogP contribution in [-0.2, 0) is 0 Å². The highest BCUT2D eigenvalue weighted by molar-refractivity contribution is 8.03. The fraction of sp³-hybridized carbons (Fsp3) is 0.200. The van der Waals surface area contributed by atoms with Crippen molar-refractivity contribution in [1.82, 2.24) is 0 Å². The lowest BCUT2D eigenvalue weighted by Crippen LogP contribution is -1.90. The lowest BCUT2D eigenvalue weighted by Gasteiger charge is -2.06. The molecule has 1 rings (SSSR count). The van der Waals surface area contributed by atoms with E-state index >= 15 is 0 Å². The Balaban J connectivity index is 2.96. The second kappa shape index (κ2) is 4.23. The summed E-state index contributed by atoms with van der Waals surface area (Å²) in [5, 5.41) is 0. The standard InChI is InChI=1S/C10H13NOS/c1-7(2)13-10-6-8(12-3)4-5-9(10)11/h4-6H,1,11H2,2-3H3. The van der Waals surface area contributed by atoms with Gasteiger partial charge in [-0.3, -0.25) is 0 Å². The first-order valence-electron chi connectivity index (χ1n) is 3.90. The van der Waals surface area contributed by atoms with Gasteiger partial charge >= 0.3 is 0 Å². The van der Waals surface area contributed by atoms with Gasteiger partial charge in [-0.2, -0.15) is 0 Å². The molecular weight excluding hydrogens is 182 g/mol. The van der Waals surface area contributed by atoms with Crippen LogP contribution in [0, 0.1) is 0 Å². The molecule has 1 aromatic carbocycles. The maximum Gasteiger partial charge on any atom is 0.120 e. The maximum atomic E-state index is 5.77. The van der Waals surface area contributed by atoms with Crippen LogP contribution in [0.5, 0.6) is 5.75 Å². The van der Waals surface area contributed by atoms with Gasteiger partial charge in [0, 0.05) is 10.6 Å². The van der Waals surface area contributed by atoms with Crippen molar-refractivity contribution >= 4 is 17.4 Å². The third kappa shape index (κ3) is 2.70. The van der Waals surface area contributed by atoms with Crippen molar-refractivity contribution in [3.05, 3.63) is 29.7 Å². The van der Waals surface area contributed by atoms with Crippen LogP contribution in [0.1, 0.15) is 6.92 Å². The Morgan fingerprint density at radius 3 is 2.77 bits per heavy atom. The van der Waals surface area contributed by atoms with E-state index in [0.29, 0.717) is 0 Å². The first-order chi connectivity index (χ1) is 6.13. The summed E-state index contributed by atoms with van der Waals surface area (Å²) in [6.07, 6.45) is 0. The number of nitrogen functional groups attached to an aromatic ring is 1. The SMILES string of the molecule is C=C(C)Sc1cc(OC)ccc1N. The van der Waals surface area contributed by atoms with Crippen molar-refractivity contribution in [2.45, 2.75) is 11.8 Å². The fourth-order valence-corrected chi connectivity index (χ4v) is 1.65. The van der Waals surface area contributed by atoms with E-state index in [9.17, 15) is 0 Å². The topological polar surface area (TPSA) is 35.2 Å². The van der Waals surface area contributed by atoms with Crippen LogP contribution in [0.2, 0.25) is 0 Å². The molecule has 3 heteroatoms. The quantitative estimate of drug-likeness (QED) is 0.595. The molecule has 0 aliphatic rings. The molecule has 2 nitrogen and oxygen atoms in total. The van der Waals surface area contributed by atoms with Crippen LogP contribution in [0.4, 0.5) is 5.69 Å². The predicted octanol–water partition coefficient (Wildman–Crippen LogP) is 2.90. The normalized spacial score (nSPS) is 9.69. The molecular formula is C10H13NOS. The van der Waals surface area contributed by atoms with E-state index in [0.717, 1.165) is 21.2 Å². The fourth-order valence-electron chi connectivity index (χ4n) is 0.918. The van der Waals surface area contributed by atoms with Crippen LogP contribution >= 0.6 is 11.8 Å². The number of methoxy groups -OCH3 is 1. The van der Waals surface area contributed by atoms with Gasteiger partial charge in [-0.05, 0) is 30.0 Å². The van der Waals surface area contributed by atoms with E-state index < -0.39 is 0 Å². The molecule has 0 saturated heterocycles. The second-order valence-electron chi connectivity index (χ2n) is 2.71. The summed E-state index contributed by atoms with van der Waals surface area (Å²) in [5.41, 5.74) is 6.53. The molecule has 0 heterocycles. The number of thioether (sulfide) groups is 1. The van der Waals surface area contributed by atoms with Crippen molar-refractivity contribution in [1.29, 1.82) is 0 Å². The van der Waals surface area contributed by atoms with Crippen LogP contribution in [-0.4, -0.2) is 7.11 Å². The Bertz CT molecular complexity index is 323. The minimum Gasteiger partial charge on any atom is -0.497 e. The summed E-state index contributed by atoms with van der Waals surface area (Å²) in [4.78, 5) is 2.01. The van der Waals surface area contributed by atoms with E-state index in [-0.39, 0.29) is 0 Å². The van der Waals surface area contributed by atoms with Crippen molar-refractivity contribution in [2.75, 3.05) is 12.8 Å². The largest absolute Gasteiger partial charge is 0.497 e. The molecule has 0 bridgehead atoms. The van der Waals surface area contributed by atoms with Gasteiger partial charge < -0.3 is 10.5 Å². The number of rotatable bonds is 3. The van der Waals surface area contributed by atoms with Gasteiger partial charge in [-0.1, -0.05) is 18.3 Å². The van der Waals surface area contributed by atoms with Crippen LogP contribution in [0.15, 0.2) is 34.6 Å². The van der Waals surface area contributed by atoms with Gasteiger partial charge in [0.15, 0.2) is 0 Å². The molecule has 70 valence electrons. The number of nitrogens with two attached hydrogens (primary N) is 1. The van der Waals surface area contributed by atoms with Crippen molar-refractivity contribution in [3.63, 3.8) is 0 Å². The predicted molar refractivity (Wildman–Crippen MR) is 58.1 cm³/mol. The van der Waals surface area contributed by atoms with Crippen LogP contribution in [0.25, 0.3) is 0 Å². The van der Waals surface area contributed by atoms with Gasteiger partial charge in [0.1, 0.15) is 5.75 Å². The zero-order valence-corrected chi connectivity index (χ0v) is 8.65. The van der Waals surface area contributed by atoms with E-state index in [2.05, 4.69) is 6.58 Å². The molecule has 0 fully saturated rings. The monoisotopic (exact) mass is 195 g/mol. The van der Waals surface area contributed by atoms with E-state index in [4.69, 9.17) is 10.5 Å². The summed E-state index contributed by atoms with van der Waals surface area (Å²) in [6, 6.07) is 5.59. The van der Waals surface area contributed by atoms with Gasteiger partial charge in [0.05, 0.1) is 7.11 Å². The third-order valence-electron chi connectivity index (χ3n) is 1.50. The third-order valence-corrected chi connectivity index (χ3v) is 2.43. The van der Waals surface area contributed by atoms with Crippen molar-refractivity contribution in [3.8, 4) is 5.75 Å². The smallest absolute Gasteiger partial charge is 0.120 e. The molecule has 13 heavy (non-hydrogen) atoms. The number of allylic oxidation sites excluding steroid dienone is 1. The molecule has 0 aromatic heterocycles. The summed E-state index contributed by atoms with van der Waals surface area (Å²) in [7, 11) is 1.64. The van der Waals surface area contributed by atoms with Crippen LogP contribution in [0.3, 0.4) is 0 Å². The highest BCUT2D eigenvalue weighted by Gasteiger charge is 2.01. The molecule has 0 amide bonds. The van der Waals surface area contributed by atoms with Gasteiger partial charge in [0.2, 0.25) is 0 Å². The molecule has 0 aliphatic carbocycles. The Morgan fingerprint density at radius 1 is 1.54 bits per heavy atom. The summed E-state index contributed by atoms with van der Waals surface area (Å²) in [5.74, 6) is 0.818. The zero-order chi connectivity index (χ0) is 9.84. The zero-order valence-electron chi connectivity index (χ0n) is 7.83. The summed E-state index contributed by atoms with van der Waals surface area (Å²) >= 11 is 1.56. The van der Waals surface area contributed by atoms with Crippen molar-refractivity contribution < 1.29 is 4.74 Å². The average Bonchev–Trinajstić information content (AvgIpc) is 2.08. The van der Waals surface area contributed by atoms with Crippen LogP contribution < -0.4 is 10.5 Å². The Labute approximate surface area is 82.8 Å². The number of anilines is 1. The Morgan fingerprint density at radius 2 is 2.23 bits per heavy atom. The van der Waals surface area contributed by atoms with Gasteiger partial charge in [0.25, 0.3) is 0 Å². The molecule has 0 saturated carbocycles. The first-order valence-corrected chi connectivity index (χ1v) is 4.72. The maximum absolute atomic E-state index is 5.77. The molecule has 0 radical (unpaired) electrons. The molecule has 2 N–H and O–H groups in total. The summed E-state index contributed by atoms with van der Waals surface area (Å²) in [6.45, 7) is 5.76. The Hall–Kier alpha value is -1.09. The molecule has 0 spiro atoms. The number of hydrogen-bond acceptors (Lipinski definition) is 3. The second-order valence-corrected chi connectivity index (χ2v) is 4.05. The molecule has 0 aliphatic heterocycles. The minimum absolute atomic E-state index is 0.758. The highest BCUT2D eigenvalue weighted by atomic mass is 32.2. The highest BCUT2D eigenvalue weighted by Crippen LogP contribution is 2.32. The lowest BCUT2D eigenvalue weighted by atomic mass is 10.3. The number of hydrogen-bond donors (Lipinski definition) is 1. The number of benzene rings is 1. The number of ether oxygens (including phenoxy) is 1. The summed E-state index contributed by atoms with van der Waals surface area (Å²) < 4.78 is 5.09. The molecule has 1 aromatic rings. The average molecular weight is 195 g/mol. The van der Waals surface area contributed by atoms with Crippen molar-refractivity contribution in [2.24, 2.45) is 0 Å². The lowest BCUT2D eigenvalue weighted by molar-refractivity contribution is 0.414. The van der Waals surface area contributed by atoms with Gasteiger partial charge in [-0.25, -0.2) is 0 Å².